The van der Waals surface area contributed by atoms with Crippen LogP contribution in [0.2, 0.25) is 0 Å². The topological polar surface area (TPSA) is 70.5 Å². The SMILES string of the molecule is c1cnc(N2CCN(c3nc(N4CCOCC4)c4ccccc4n3)CC2)nc1. The van der Waals surface area contributed by atoms with Crippen molar-refractivity contribution in [1.29, 1.82) is 0 Å². The van der Waals surface area contributed by atoms with Crippen LogP contribution in [0, 0.1) is 0 Å². The zero-order chi connectivity index (χ0) is 18.8. The molecule has 1 aromatic carbocycles. The maximum atomic E-state index is 5.52. The lowest BCUT2D eigenvalue weighted by Crippen LogP contribution is -2.48. The van der Waals surface area contributed by atoms with Crippen LogP contribution in [-0.4, -0.2) is 72.4 Å². The molecular formula is C20H23N7O. The third kappa shape index (κ3) is 3.31. The summed E-state index contributed by atoms with van der Waals surface area (Å²) in [5.74, 6) is 2.60. The number of ether oxygens (including phenoxy) is 1. The van der Waals surface area contributed by atoms with Crippen molar-refractivity contribution in [3.05, 3.63) is 42.7 Å². The average Bonchev–Trinajstić information content (AvgIpc) is 2.79. The summed E-state index contributed by atoms with van der Waals surface area (Å²) in [5.41, 5.74) is 0.989. The van der Waals surface area contributed by atoms with Crippen LogP contribution in [0.1, 0.15) is 0 Å². The third-order valence-corrected chi connectivity index (χ3v) is 5.28. The number of anilines is 3. The van der Waals surface area contributed by atoms with Gasteiger partial charge in [0.05, 0.1) is 18.7 Å². The Labute approximate surface area is 163 Å². The highest BCUT2D eigenvalue weighted by Crippen LogP contribution is 2.27. The van der Waals surface area contributed by atoms with Crippen LogP contribution in [0.25, 0.3) is 10.9 Å². The van der Waals surface area contributed by atoms with E-state index in [-0.39, 0.29) is 0 Å². The van der Waals surface area contributed by atoms with E-state index in [0.717, 1.165) is 81.1 Å². The van der Waals surface area contributed by atoms with E-state index < -0.39 is 0 Å². The van der Waals surface area contributed by atoms with Gasteiger partial charge in [-0.05, 0) is 18.2 Å². The molecule has 2 aliphatic rings. The number of rotatable bonds is 3. The highest BCUT2D eigenvalue weighted by Gasteiger charge is 2.23. The number of fused-ring (bicyclic) bond motifs is 1. The lowest BCUT2D eigenvalue weighted by atomic mass is 10.2. The second kappa shape index (κ2) is 7.55. The summed E-state index contributed by atoms with van der Waals surface area (Å²) in [6.07, 6.45) is 3.57. The summed E-state index contributed by atoms with van der Waals surface area (Å²) < 4.78 is 5.52. The molecule has 2 fully saturated rings. The maximum Gasteiger partial charge on any atom is 0.228 e. The fourth-order valence-electron chi connectivity index (χ4n) is 3.77. The molecule has 2 aliphatic heterocycles. The minimum atomic E-state index is 0.739. The molecule has 0 unspecified atom stereocenters. The number of aromatic nitrogens is 4. The minimum Gasteiger partial charge on any atom is -0.378 e. The summed E-state index contributed by atoms with van der Waals surface area (Å²) >= 11 is 0. The average molecular weight is 377 g/mol. The lowest BCUT2D eigenvalue weighted by molar-refractivity contribution is 0.122. The van der Waals surface area contributed by atoms with E-state index in [1.165, 1.54) is 0 Å². The summed E-state index contributed by atoms with van der Waals surface area (Å²) in [6, 6.07) is 10.1. The summed E-state index contributed by atoms with van der Waals surface area (Å²) in [7, 11) is 0. The molecule has 0 saturated carbocycles. The van der Waals surface area contributed by atoms with Gasteiger partial charge in [-0.15, -0.1) is 0 Å². The van der Waals surface area contributed by atoms with E-state index in [0.29, 0.717) is 0 Å². The van der Waals surface area contributed by atoms with Crippen molar-refractivity contribution >= 4 is 28.6 Å². The molecule has 5 rings (SSSR count). The van der Waals surface area contributed by atoms with Crippen LogP contribution in [-0.2, 0) is 4.74 Å². The van der Waals surface area contributed by atoms with E-state index in [1.54, 1.807) is 12.4 Å². The fraction of sp³-hybridized carbons (Fsp3) is 0.400. The van der Waals surface area contributed by atoms with Crippen LogP contribution in [0.3, 0.4) is 0 Å². The number of benzene rings is 1. The van der Waals surface area contributed by atoms with Crippen molar-refractivity contribution in [3.8, 4) is 0 Å². The molecule has 144 valence electrons. The van der Waals surface area contributed by atoms with Gasteiger partial charge in [0.15, 0.2) is 0 Å². The zero-order valence-electron chi connectivity index (χ0n) is 15.7. The molecule has 2 saturated heterocycles. The van der Waals surface area contributed by atoms with E-state index in [2.05, 4.69) is 36.8 Å². The number of para-hydroxylation sites is 1. The van der Waals surface area contributed by atoms with E-state index in [9.17, 15) is 0 Å². The standard InChI is InChI=1S/C20H23N7O/c1-2-5-17-16(4-1)18(25-12-14-28-15-13-25)24-20(23-17)27-10-8-26(9-11-27)19-21-6-3-7-22-19/h1-7H,8-15H2. The van der Waals surface area contributed by atoms with Crippen molar-refractivity contribution in [2.45, 2.75) is 0 Å². The Morgan fingerprint density at radius 1 is 0.679 bits per heavy atom. The fourth-order valence-corrected chi connectivity index (χ4v) is 3.77. The predicted octanol–water partition coefficient (Wildman–Crippen LogP) is 1.58. The number of nitrogens with zero attached hydrogens (tertiary/aromatic N) is 7. The van der Waals surface area contributed by atoms with Gasteiger partial charge in [-0.3, -0.25) is 0 Å². The van der Waals surface area contributed by atoms with Crippen molar-refractivity contribution in [1.82, 2.24) is 19.9 Å². The first-order chi connectivity index (χ1) is 13.9. The molecule has 8 heteroatoms. The normalized spacial score (nSPS) is 17.9. The quantitative estimate of drug-likeness (QED) is 0.681. The van der Waals surface area contributed by atoms with Crippen LogP contribution >= 0.6 is 0 Å². The van der Waals surface area contributed by atoms with Crippen LogP contribution in [0.5, 0.6) is 0 Å². The number of piperazine rings is 1. The van der Waals surface area contributed by atoms with Crippen molar-refractivity contribution < 1.29 is 4.74 Å². The van der Waals surface area contributed by atoms with Gasteiger partial charge in [-0.1, -0.05) is 12.1 Å². The Kier molecular flexibility index (Phi) is 4.62. The maximum absolute atomic E-state index is 5.52. The first kappa shape index (κ1) is 17.1. The van der Waals surface area contributed by atoms with Gasteiger partial charge in [0.1, 0.15) is 5.82 Å². The Morgan fingerprint density at radius 3 is 2.11 bits per heavy atom. The van der Waals surface area contributed by atoms with E-state index in [4.69, 9.17) is 14.7 Å². The molecule has 2 aromatic heterocycles. The molecule has 8 nitrogen and oxygen atoms in total. The number of morpholine rings is 1. The Bertz CT molecular complexity index is 938. The molecule has 0 atom stereocenters. The molecule has 3 aromatic rings. The monoisotopic (exact) mass is 377 g/mol. The Balaban J connectivity index is 1.42. The first-order valence-electron chi connectivity index (χ1n) is 9.75. The Morgan fingerprint density at radius 2 is 1.36 bits per heavy atom. The van der Waals surface area contributed by atoms with Crippen molar-refractivity contribution in [3.63, 3.8) is 0 Å². The smallest absolute Gasteiger partial charge is 0.228 e. The zero-order valence-corrected chi connectivity index (χ0v) is 15.7. The molecular weight excluding hydrogens is 354 g/mol. The van der Waals surface area contributed by atoms with Crippen LogP contribution < -0.4 is 14.7 Å². The molecule has 28 heavy (non-hydrogen) atoms. The molecule has 0 radical (unpaired) electrons. The molecule has 4 heterocycles. The molecule has 0 amide bonds. The van der Waals surface area contributed by atoms with Gasteiger partial charge in [0, 0.05) is 57.0 Å². The van der Waals surface area contributed by atoms with Crippen molar-refractivity contribution in [2.24, 2.45) is 0 Å². The summed E-state index contributed by atoms with van der Waals surface area (Å²) in [6.45, 7) is 6.60. The minimum absolute atomic E-state index is 0.739. The highest BCUT2D eigenvalue weighted by molar-refractivity contribution is 5.90. The second-order valence-electron chi connectivity index (χ2n) is 6.99. The number of hydrogen-bond acceptors (Lipinski definition) is 8. The van der Waals surface area contributed by atoms with Crippen molar-refractivity contribution in [2.75, 3.05) is 67.2 Å². The molecule has 0 N–H and O–H groups in total. The first-order valence-corrected chi connectivity index (χ1v) is 9.75. The lowest BCUT2D eigenvalue weighted by Gasteiger charge is -2.35. The molecule has 0 spiro atoms. The second-order valence-corrected chi connectivity index (χ2v) is 6.99. The van der Waals surface area contributed by atoms with Gasteiger partial charge in [-0.2, -0.15) is 4.98 Å². The van der Waals surface area contributed by atoms with Gasteiger partial charge in [0.25, 0.3) is 0 Å². The van der Waals surface area contributed by atoms with Gasteiger partial charge in [0.2, 0.25) is 11.9 Å². The summed E-state index contributed by atoms with van der Waals surface area (Å²) in [5, 5.41) is 1.10. The van der Waals surface area contributed by atoms with E-state index in [1.807, 2.05) is 18.2 Å². The van der Waals surface area contributed by atoms with E-state index >= 15 is 0 Å². The van der Waals surface area contributed by atoms with Gasteiger partial charge < -0.3 is 19.4 Å². The van der Waals surface area contributed by atoms with Gasteiger partial charge in [-0.25, -0.2) is 15.0 Å². The summed E-state index contributed by atoms with van der Waals surface area (Å²) in [4.78, 5) is 25.3. The molecule has 0 bridgehead atoms. The van der Waals surface area contributed by atoms with Crippen LogP contribution in [0.4, 0.5) is 17.7 Å². The molecule has 0 aliphatic carbocycles. The predicted molar refractivity (Wildman–Crippen MR) is 109 cm³/mol. The third-order valence-electron chi connectivity index (χ3n) is 5.28. The highest BCUT2D eigenvalue weighted by atomic mass is 16.5. The Hall–Kier alpha value is -3.00. The largest absolute Gasteiger partial charge is 0.378 e. The number of hydrogen-bond donors (Lipinski definition) is 0. The van der Waals surface area contributed by atoms with Gasteiger partial charge >= 0.3 is 0 Å². The van der Waals surface area contributed by atoms with Crippen LogP contribution in [0.15, 0.2) is 42.7 Å².